The lowest BCUT2D eigenvalue weighted by atomic mass is 9.93. The number of hydrogen-bond acceptors (Lipinski definition) is 2. The van der Waals surface area contributed by atoms with Crippen molar-refractivity contribution in [1.29, 1.82) is 0 Å². The first kappa shape index (κ1) is 13.7. The zero-order valence-electron chi connectivity index (χ0n) is 10.9. The fraction of sp³-hybridized carbons (Fsp3) is 0.929. The second kappa shape index (κ2) is 7.83. The summed E-state index contributed by atoms with van der Waals surface area (Å²) in [6.07, 6.45) is 9.06. The molecule has 1 rings (SSSR count). The molecule has 0 aromatic rings. The average Bonchev–Trinajstić information content (AvgIpc) is 3.08. The molecule has 1 fully saturated rings. The number of Topliss-reactive ketones (excluding diaryl/α,β-unsaturated/α-hetero) is 1. The van der Waals surface area contributed by atoms with Crippen molar-refractivity contribution in [2.75, 3.05) is 6.54 Å². The minimum Gasteiger partial charge on any atom is -0.314 e. The van der Waals surface area contributed by atoms with Gasteiger partial charge in [0.05, 0.1) is 0 Å². The zero-order valence-corrected chi connectivity index (χ0v) is 10.9. The third-order valence-electron chi connectivity index (χ3n) is 3.47. The maximum Gasteiger partial charge on any atom is 0.134 e. The number of ketones is 1. The van der Waals surface area contributed by atoms with Crippen molar-refractivity contribution in [2.24, 2.45) is 5.92 Å². The molecule has 0 radical (unpaired) electrons. The largest absolute Gasteiger partial charge is 0.314 e. The van der Waals surface area contributed by atoms with E-state index < -0.39 is 0 Å². The van der Waals surface area contributed by atoms with Crippen molar-refractivity contribution < 1.29 is 4.79 Å². The fourth-order valence-electron chi connectivity index (χ4n) is 2.07. The lowest BCUT2D eigenvalue weighted by molar-refractivity contribution is -0.120. The molecule has 1 saturated carbocycles. The van der Waals surface area contributed by atoms with E-state index in [0.29, 0.717) is 11.7 Å². The molecular weight excluding hydrogens is 198 g/mol. The monoisotopic (exact) mass is 225 g/mol. The van der Waals surface area contributed by atoms with Gasteiger partial charge in [-0.1, -0.05) is 39.5 Å². The first-order valence-corrected chi connectivity index (χ1v) is 7.01. The van der Waals surface area contributed by atoms with Crippen LogP contribution >= 0.6 is 0 Å². The Balaban J connectivity index is 2.04. The summed E-state index contributed by atoms with van der Waals surface area (Å²) in [6.45, 7) is 5.32. The van der Waals surface area contributed by atoms with Crippen LogP contribution in [-0.4, -0.2) is 18.4 Å². The quantitative estimate of drug-likeness (QED) is 0.618. The molecule has 2 nitrogen and oxygen atoms in total. The van der Waals surface area contributed by atoms with Crippen LogP contribution in [-0.2, 0) is 4.79 Å². The van der Waals surface area contributed by atoms with E-state index in [9.17, 15) is 4.79 Å². The van der Waals surface area contributed by atoms with E-state index >= 15 is 0 Å². The Bertz CT molecular complexity index is 199. The molecule has 0 spiro atoms. The Morgan fingerprint density at radius 3 is 2.69 bits per heavy atom. The highest BCUT2D eigenvalue weighted by Crippen LogP contribution is 2.19. The Morgan fingerprint density at radius 2 is 2.12 bits per heavy atom. The normalized spacial score (nSPS) is 17.4. The predicted molar refractivity (Wildman–Crippen MR) is 68.6 cm³/mol. The number of carbonyl (C=O) groups is 1. The highest BCUT2D eigenvalue weighted by atomic mass is 16.1. The topological polar surface area (TPSA) is 29.1 Å². The molecule has 1 atom stereocenters. The smallest absolute Gasteiger partial charge is 0.134 e. The molecule has 94 valence electrons. The van der Waals surface area contributed by atoms with Gasteiger partial charge in [0.25, 0.3) is 0 Å². The number of unbranched alkanes of at least 4 members (excludes halogenated alkanes) is 1. The van der Waals surface area contributed by atoms with Crippen molar-refractivity contribution in [1.82, 2.24) is 5.32 Å². The van der Waals surface area contributed by atoms with Crippen molar-refractivity contribution in [3.05, 3.63) is 0 Å². The van der Waals surface area contributed by atoms with Gasteiger partial charge in [-0.2, -0.15) is 0 Å². The Kier molecular flexibility index (Phi) is 6.70. The summed E-state index contributed by atoms with van der Waals surface area (Å²) in [4.78, 5) is 11.7. The molecule has 2 heteroatoms. The van der Waals surface area contributed by atoms with Gasteiger partial charge in [-0.25, -0.2) is 0 Å². The average molecular weight is 225 g/mol. The van der Waals surface area contributed by atoms with E-state index in [0.717, 1.165) is 31.8 Å². The van der Waals surface area contributed by atoms with Gasteiger partial charge in [0.1, 0.15) is 5.78 Å². The summed E-state index contributed by atoms with van der Waals surface area (Å²) < 4.78 is 0. The summed E-state index contributed by atoms with van der Waals surface area (Å²) in [5, 5.41) is 3.40. The highest BCUT2D eigenvalue weighted by Gasteiger charge is 2.20. The number of rotatable bonds is 10. The molecule has 0 bridgehead atoms. The Morgan fingerprint density at radius 1 is 1.38 bits per heavy atom. The third-order valence-corrected chi connectivity index (χ3v) is 3.47. The molecule has 0 heterocycles. The molecule has 0 amide bonds. The van der Waals surface area contributed by atoms with Crippen LogP contribution < -0.4 is 5.32 Å². The zero-order chi connectivity index (χ0) is 11.8. The van der Waals surface area contributed by atoms with Crippen molar-refractivity contribution in [3.63, 3.8) is 0 Å². The van der Waals surface area contributed by atoms with Gasteiger partial charge in [-0.15, -0.1) is 0 Å². The van der Waals surface area contributed by atoms with E-state index in [4.69, 9.17) is 0 Å². The van der Waals surface area contributed by atoms with Gasteiger partial charge >= 0.3 is 0 Å². The van der Waals surface area contributed by atoms with E-state index in [1.165, 1.54) is 32.1 Å². The van der Waals surface area contributed by atoms with Crippen molar-refractivity contribution >= 4 is 5.78 Å². The second-order valence-corrected chi connectivity index (χ2v) is 5.14. The van der Waals surface area contributed by atoms with Gasteiger partial charge in [0.2, 0.25) is 0 Å². The summed E-state index contributed by atoms with van der Waals surface area (Å²) in [5.74, 6) is 1.09. The van der Waals surface area contributed by atoms with Crippen LogP contribution in [0.15, 0.2) is 0 Å². The van der Waals surface area contributed by atoms with Gasteiger partial charge < -0.3 is 5.32 Å². The van der Waals surface area contributed by atoms with Crippen LogP contribution in [0.25, 0.3) is 0 Å². The molecule has 1 unspecified atom stereocenters. The van der Waals surface area contributed by atoms with Crippen molar-refractivity contribution in [2.45, 2.75) is 71.3 Å². The maximum absolute atomic E-state index is 11.7. The number of carbonyl (C=O) groups excluding carboxylic acids is 1. The highest BCUT2D eigenvalue weighted by molar-refractivity contribution is 5.78. The van der Waals surface area contributed by atoms with Gasteiger partial charge in [0.15, 0.2) is 0 Å². The second-order valence-electron chi connectivity index (χ2n) is 5.14. The lowest BCUT2D eigenvalue weighted by Crippen LogP contribution is -2.21. The van der Waals surface area contributed by atoms with E-state index in [-0.39, 0.29) is 0 Å². The molecule has 0 saturated heterocycles. The van der Waals surface area contributed by atoms with Gasteiger partial charge in [-0.3, -0.25) is 4.79 Å². The standard InChI is InChI=1S/C14H27NO/c1-3-5-6-12(4-2)11-14(16)9-10-15-13-7-8-13/h12-13,15H,3-11H2,1-2H3. The molecule has 0 aliphatic heterocycles. The molecule has 1 aliphatic carbocycles. The van der Waals surface area contributed by atoms with Crippen molar-refractivity contribution in [3.8, 4) is 0 Å². The van der Waals surface area contributed by atoms with E-state index in [1.54, 1.807) is 0 Å². The predicted octanol–water partition coefficient (Wildman–Crippen LogP) is 3.30. The SMILES string of the molecule is CCCCC(CC)CC(=O)CCNC1CC1. The first-order chi connectivity index (χ1) is 7.76. The van der Waals surface area contributed by atoms with Gasteiger partial charge in [0, 0.05) is 25.4 Å². The summed E-state index contributed by atoms with van der Waals surface area (Å²) in [7, 11) is 0. The van der Waals surface area contributed by atoms with Crippen LogP contribution in [0.3, 0.4) is 0 Å². The van der Waals surface area contributed by atoms with Crippen LogP contribution in [0.4, 0.5) is 0 Å². The molecular formula is C14H27NO. The molecule has 0 aromatic carbocycles. The van der Waals surface area contributed by atoms with Crippen LogP contribution in [0, 0.1) is 5.92 Å². The maximum atomic E-state index is 11.7. The first-order valence-electron chi connectivity index (χ1n) is 7.01. The minimum absolute atomic E-state index is 0.455. The lowest BCUT2D eigenvalue weighted by Gasteiger charge is -2.13. The Labute approximate surface area is 100 Å². The summed E-state index contributed by atoms with van der Waals surface area (Å²) in [5.41, 5.74) is 0. The fourth-order valence-corrected chi connectivity index (χ4v) is 2.07. The van der Waals surface area contributed by atoms with E-state index in [1.807, 2.05) is 0 Å². The molecule has 1 aliphatic rings. The summed E-state index contributed by atoms with van der Waals surface area (Å²) in [6, 6.07) is 0.731. The van der Waals surface area contributed by atoms with Crippen LogP contribution in [0.2, 0.25) is 0 Å². The van der Waals surface area contributed by atoms with Gasteiger partial charge in [-0.05, 0) is 18.8 Å². The number of hydrogen-bond donors (Lipinski definition) is 1. The third kappa shape index (κ3) is 6.26. The van der Waals surface area contributed by atoms with E-state index in [2.05, 4.69) is 19.2 Å². The number of nitrogens with one attached hydrogen (secondary N) is 1. The van der Waals surface area contributed by atoms with Crippen LogP contribution in [0.5, 0.6) is 0 Å². The molecule has 16 heavy (non-hydrogen) atoms. The minimum atomic E-state index is 0.455. The van der Waals surface area contributed by atoms with Crippen LogP contribution in [0.1, 0.15) is 65.2 Å². The Hall–Kier alpha value is -0.370. The molecule has 1 N–H and O–H groups in total. The molecule has 0 aromatic heterocycles. The summed E-state index contributed by atoms with van der Waals surface area (Å²) >= 11 is 0.